The molecule has 1 N–H and O–H groups in total. The second kappa shape index (κ2) is 6.73. The summed E-state index contributed by atoms with van der Waals surface area (Å²) in [5, 5.41) is 10.6. The van der Waals surface area contributed by atoms with Gasteiger partial charge in [-0.2, -0.15) is 0 Å². The number of aromatic nitrogens is 2. The Morgan fingerprint density at radius 2 is 1.96 bits per heavy atom. The number of halogens is 1. The van der Waals surface area contributed by atoms with Crippen molar-refractivity contribution >= 4 is 5.91 Å². The second-order valence-electron chi connectivity index (χ2n) is 5.69. The molecule has 1 heterocycles. The van der Waals surface area contributed by atoms with Gasteiger partial charge in [-0.25, -0.2) is 4.39 Å². The summed E-state index contributed by atoms with van der Waals surface area (Å²) in [6.45, 7) is 0. The quantitative estimate of drug-likeness (QED) is 0.942. The van der Waals surface area contributed by atoms with Crippen LogP contribution in [0.15, 0.2) is 36.4 Å². The van der Waals surface area contributed by atoms with Gasteiger partial charge in [0.25, 0.3) is 5.91 Å². The van der Waals surface area contributed by atoms with Crippen LogP contribution in [-0.2, 0) is 0 Å². The summed E-state index contributed by atoms with van der Waals surface area (Å²) in [7, 11) is 1.50. The molecule has 1 aliphatic carbocycles. The molecule has 0 unspecified atom stereocenters. The van der Waals surface area contributed by atoms with Crippen molar-refractivity contribution in [2.75, 3.05) is 7.11 Å². The molecule has 0 radical (unpaired) electrons. The van der Waals surface area contributed by atoms with Gasteiger partial charge in [-0.15, -0.1) is 10.2 Å². The third-order valence-electron chi connectivity index (χ3n) is 4.19. The fraction of sp³-hybridized carbons (Fsp3) is 0.353. The standard InChI is InChI=1S/C17H18FN3O2/c1-23-16-9-8-15(20-21-16)17(22)19-14-7-4-12(10-14)11-2-5-13(18)6-3-11/h2-3,5-6,8-9,12,14H,4,7,10H2,1H3,(H,19,22)/t12-,14+/m0/s1. The van der Waals surface area contributed by atoms with Crippen LogP contribution in [0.4, 0.5) is 4.39 Å². The predicted molar refractivity (Wildman–Crippen MR) is 82.8 cm³/mol. The first-order chi connectivity index (χ1) is 11.2. The first kappa shape index (κ1) is 15.4. The largest absolute Gasteiger partial charge is 0.480 e. The molecule has 1 fully saturated rings. The second-order valence-corrected chi connectivity index (χ2v) is 5.69. The summed E-state index contributed by atoms with van der Waals surface area (Å²) in [6.07, 6.45) is 2.73. The van der Waals surface area contributed by atoms with Crippen molar-refractivity contribution in [1.29, 1.82) is 0 Å². The van der Waals surface area contributed by atoms with Crippen LogP contribution in [0, 0.1) is 5.82 Å². The zero-order chi connectivity index (χ0) is 16.2. The minimum atomic E-state index is -0.232. The Labute approximate surface area is 133 Å². The van der Waals surface area contributed by atoms with E-state index in [9.17, 15) is 9.18 Å². The van der Waals surface area contributed by atoms with Gasteiger partial charge in [0, 0.05) is 12.1 Å². The molecule has 3 rings (SSSR count). The number of hydrogen-bond donors (Lipinski definition) is 1. The monoisotopic (exact) mass is 315 g/mol. The molecule has 1 aliphatic rings. The molecule has 0 spiro atoms. The van der Waals surface area contributed by atoms with Gasteiger partial charge in [0.1, 0.15) is 5.82 Å². The minimum absolute atomic E-state index is 0.0986. The van der Waals surface area contributed by atoms with E-state index in [0.29, 0.717) is 11.8 Å². The van der Waals surface area contributed by atoms with Crippen molar-refractivity contribution in [2.24, 2.45) is 0 Å². The molecule has 2 aromatic rings. The Balaban J connectivity index is 1.58. The molecule has 1 aromatic heterocycles. The van der Waals surface area contributed by atoms with E-state index < -0.39 is 0 Å². The summed E-state index contributed by atoms with van der Waals surface area (Å²) < 4.78 is 17.9. The molecule has 0 aliphatic heterocycles. The van der Waals surface area contributed by atoms with Gasteiger partial charge in [-0.3, -0.25) is 4.79 Å². The van der Waals surface area contributed by atoms with E-state index in [4.69, 9.17) is 4.74 Å². The van der Waals surface area contributed by atoms with Gasteiger partial charge < -0.3 is 10.1 Å². The van der Waals surface area contributed by atoms with Crippen LogP contribution in [0.25, 0.3) is 0 Å². The number of benzene rings is 1. The lowest BCUT2D eigenvalue weighted by Crippen LogP contribution is -2.33. The molecule has 6 heteroatoms. The van der Waals surface area contributed by atoms with Crippen LogP contribution in [0.1, 0.15) is 41.2 Å². The number of carbonyl (C=O) groups is 1. The number of ether oxygens (including phenoxy) is 1. The maximum Gasteiger partial charge on any atom is 0.272 e. The number of nitrogens with zero attached hydrogens (tertiary/aromatic N) is 2. The van der Waals surface area contributed by atoms with E-state index in [-0.39, 0.29) is 23.5 Å². The highest BCUT2D eigenvalue weighted by molar-refractivity contribution is 5.92. The summed E-state index contributed by atoms with van der Waals surface area (Å²) in [6, 6.07) is 9.90. The number of methoxy groups -OCH3 is 1. The van der Waals surface area contributed by atoms with Crippen molar-refractivity contribution in [3.63, 3.8) is 0 Å². The van der Waals surface area contributed by atoms with Crippen LogP contribution >= 0.6 is 0 Å². The van der Waals surface area contributed by atoms with E-state index in [0.717, 1.165) is 24.8 Å². The smallest absolute Gasteiger partial charge is 0.272 e. The normalized spacial score (nSPS) is 20.3. The van der Waals surface area contributed by atoms with Gasteiger partial charge in [0.15, 0.2) is 5.69 Å². The van der Waals surface area contributed by atoms with Gasteiger partial charge in [-0.05, 0) is 48.9 Å². The lowest BCUT2D eigenvalue weighted by Gasteiger charge is -2.13. The van der Waals surface area contributed by atoms with Crippen LogP contribution in [0.5, 0.6) is 5.88 Å². The zero-order valence-electron chi connectivity index (χ0n) is 12.8. The average Bonchev–Trinajstić information content (AvgIpc) is 3.04. The Morgan fingerprint density at radius 3 is 2.61 bits per heavy atom. The SMILES string of the molecule is COc1ccc(C(=O)N[C@@H]2CC[C@H](c3ccc(F)cc3)C2)nn1. The van der Waals surface area contributed by atoms with Crippen molar-refractivity contribution < 1.29 is 13.9 Å². The molecule has 5 nitrogen and oxygen atoms in total. The van der Waals surface area contributed by atoms with E-state index in [2.05, 4.69) is 15.5 Å². The van der Waals surface area contributed by atoms with E-state index in [1.165, 1.54) is 19.2 Å². The van der Waals surface area contributed by atoms with E-state index >= 15 is 0 Å². The molecule has 120 valence electrons. The van der Waals surface area contributed by atoms with Crippen LogP contribution in [-0.4, -0.2) is 29.3 Å². The molecular weight excluding hydrogens is 297 g/mol. The average molecular weight is 315 g/mol. The molecular formula is C17H18FN3O2. The minimum Gasteiger partial charge on any atom is -0.480 e. The van der Waals surface area contributed by atoms with Crippen LogP contribution in [0.2, 0.25) is 0 Å². The molecule has 2 atom stereocenters. The fourth-order valence-electron chi connectivity index (χ4n) is 2.96. The number of amides is 1. The first-order valence-corrected chi connectivity index (χ1v) is 7.60. The highest BCUT2D eigenvalue weighted by atomic mass is 19.1. The highest BCUT2D eigenvalue weighted by Gasteiger charge is 2.27. The molecule has 23 heavy (non-hydrogen) atoms. The first-order valence-electron chi connectivity index (χ1n) is 7.60. The summed E-state index contributed by atoms with van der Waals surface area (Å²) in [5.74, 6) is 0.265. The fourth-order valence-corrected chi connectivity index (χ4v) is 2.96. The maximum absolute atomic E-state index is 13.0. The summed E-state index contributed by atoms with van der Waals surface area (Å²) >= 11 is 0. The molecule has 1 saturated carbocycles. The lowest BCUT2D eigenvalue weighted by molar-refractivity contribution is 0.0931. The van der Waals surface area contributed by atoms with Gasteiger partial charge >= 0.3 is 0 Å². The van der Waals surface area contributed by atoms with Gasteiger partial charge in [-0.1, -0.05) is 12.1 Å². The Hall–Kier alpha value is -2.50. The third kappa shape index (κ3) is 3.64. The van der Waals surface area contributed by atoms with Crippen LogP contribution < -0.4 is 10.1 Å². The Kier molecular flexibility index (Phi) is 4.50. The van der Waals surface area contributed by atoms with Crippen molar-refractivity contribution in [1.82, 2.24) is 15.5 Å². The predicted octanol–water partition coefficient (Wildman–Crippen LogP) is 2.69. The van der Waals surface area contributed by atoms with Gasteiger partial charge in [0.2, 0.25) is 5.88 Å². The van der Waals surface area contributed by atoms with Crippen molar-refractivity contribution in [2.45, 2.75) is 31.2 Å². The summed E-state index contributed by atoms with van der Waals surface area (Å²) in [5.41, 5.74) is 1.39. The lowest BCUT2D eigenvalue weighted by atomic mass is 9.97. The van der Waals surface area contributed by atoms with Crippen molar-refractivity contribution in [3.05, 3.63) is 53.5 Å². The van der Waals surface area contributed by atoms with Crippen LogP contribution in [0.3, 0.4) is 0 Å². The Morgan fingerprint density at radius 1 is 1.17 bits per heavy atom. The number of nitrogens with one attached hydrogen (secondary N) is 1. The molecule has 1 aromatic carbocycles. The summed E-state index contributed by atoms with van der Waals surface area (Å²) in [4.78, 5) is 12.2. The van der Waals surface area contributed by atoms with E-state index in [1.807, 2.05) is 12.1 Å². The number of rotatable bonds is 4. The van der Waals surface area contributed by atoms with E-state index in [1.54, 1.807) is 12.1 Å². The molecule has 0 saturated heterocycles. The maximum atomic E-state index is 13.0. The van der Waals surface area contributed by atoms with Crippen molar-refractivity contribution in [3.8, 4) is 5.88 Å². The highest BCUT2D eigenvalue weighted by Crippen LogP contribution is 2.34. The zero-order valence-corrected chi connectivity index (χ0v) is 12.8. The number of carbonyl (C=O) groups excluding carboxylic acids is 1. The topological polar surface area (TPSA) is 64.1 Å². The third-order valence-corrected chi connectivity index (χ3v) is 4.19. The van der Waals surface area contributed by atoms with Gasteiger partial charge in [0.05, 0.1) is 7.11 Å². The Bertz CT molecular complexity index is 673. The number of hydrogen-bond acceptors (Lipinski definition) is 4. The molecule has 1 amide bonds. The molecule has 0 bridgehead atoms.